The Kier molecular flexibility index (Phi) is 6.51. The Bertz CT molecular complexity index is 431. The minimum absolute atomic E-state index is 0.108. The van der Waals surface area contributed by atoms with E-state index in [-0.39, 0.29) is 5.91 Å². The molecule has 19 heavy (non-hydrogen) atoms. The Labute approximate surface area is 123 Å². The molecule has 0 fully saturated rings. The molecular weight excluding hydrogens is 308 g/mol. The summed E-state index contributed by atoms with van der Waals surface area (Å²) < 4.78 is 3.03. The number of amides is 1. The van der Waals surface area contributed by atoms with Crippen molar-refractivity contribution in [2.24, 2.45) is 0 Å². The van der Waals surface area contributed by atoms with Gasteiger partial charge < -0.3 is 10.2 Å². The number of carbonyl (C=O) groups is 1. The molecule has 0 aliphatic rings. The molecule has 0 unspecified atom stereocenters. The summed E-state index contributed by atoms with van der Waals surface area (Å²) in [4.78, 5) is 13.4. The number of carbonyl (C=O) groups excluding carboxylic acids is 1. The van der Waals surface area contributed by atoms with Gasteiger partial charge in [-0.15, -0.1) is 0 Å². The van der Waals surface area contributed by atoms with Gasteiger partial charge in [0.2, 0.25) is 5.91 Å². The largest absolute Gasteiger partial charge is 0.345 e. The normalized spacial score (nSPS) is 10.8. The maximum atomic E-state index is 11.7. The van der Waals surface area contributed by atoms with Gasteiger partial charge >= 0.3 is 0 Å². The summed E-state index contributed by atoms with van der Waals surface area (Å²) >= 11 is 3.59. The van der Waals surface area contributed by atoms with Gasteiger partial charge in [0.25, 0.3) is 0 Å². The average Bonchev–Trinajstić information content (AvgIpc) is 2.74. The Morgan fingerprint density at radius 3 is 2.63 bits per heavy atom. The molecule has 1 heterocycles. The lowest BCUT2D eigenvalue weighted by Crippen LogP contribution is -2.35. The number of aromatic nitrogens is 2. The Balaban J connectivity index is 2.62. The fraction of sp³-hybridized carbons (Fsp3) is 0.692. The minimum Gasteiger partial charge on any atom is -0.345 e. The van der Waals surface area contributed by atoms with Crippen LogP contribution in [0.25, 0.3) is 0 Å². The lowest BCUT2D eigenvalue weighted by atomic mass is 10.3. The highest BCUT2D eigenvalue weighted by atomic mass is 79.9. The predicted octanol–water partition coefficient (Wildman–Crippen LogP) is 1.80. The van der Waals surface area contributed by atoms with Gasteiger partial charge in [-0.3, -0.25) is 9.48 Å². The zero-order valence-corrected chi connectivity index (χ0v) is 13.7. The highest BCUT2D eigenvalue weighted by molar-refractivity contribution is 9.10. The molecule has 6 heteroatoms. The fourth-order valence-electron chi connectivity index (χ4n) is 1.79. The maximum Gasteiger partial charge on any atom is 0.236 e. The average molecular weight is 331 g/mol. The summed E-state index contributed by atoms with van der Waals surface area (Å²) in [7, 11) is 1.81. The van der Waals surface area contributed by atoms with Crippen molar-refractivity contribution in [3.05, 3.63) is 15.9 Å². The van der Waals surface area contributed by atoms with Crippen LogP contribution in [0.4, 0.5) is 0 Å². The molecule has 0 radical (unpaired) electrons. The van der Waals surface area contributed by atoms with E-state index in [2.05, 4.69) is 40.2 Å². The number of hydrogen-bond donors (Lipinski definition) is 1. The van der Waals surface area contributed by atoms with Crippen molar-refractivity contribution in [2.75, 3.05) is 20.1 Å². The standard InChI is InChI=1S/C13H23BrN4O/c1-5-10-13(14)11(18(7-3)16-10)8-15-9-12(19)17(4)6-2/h15H,5-9H2,1-4H3. The first-order valence-electron chi connectivity index (χ1n) is 6.73. The van der Waals surface area contributed by atoms with Crippen LogP contribution in [-0.4, -0.2) is 40.7 Å². The van der Waals surface area contributed by atoms with E-state index < -0.39 is 0 Å². The van der Waals surface area contributed by atoms with Gasteiger partial charge in [0.1, 0.15) is 0 Å². The minimum atomic E-state index is 0.108. The van der Waals surface area contributed by atoms with Gasteiger partial charge in [-0.25, -0.2) is 0 Å². The van der Waals surface area contributed by atoms with Gasteiger partial charge in [0, 0.05) is 26.7 Å². The predicted molar refractivity (Wildman–Crippen MR) is 80.0 cm³/mol. The van der Waals surface area contributed by atoms with Crippen LogP contribution in [0.3, 0.4) is 0 Å². The Morgan fingerprint density at radius 1 is 1.42 bits per heavy atom. The van der Waals surface area contributed by atoms with Crippen molar-refractivity contribution < 1.29 is 4.79 Å². The van der Waals surface area contributed by atoms with Crippen molar-refractivity contribution in [1.29, 1.82) is 0 Å². The van der Waals surface area contributed by atoms with Gasteiger partial charge in [-0.05, 0) is 36.2 Å². The van der Waals surface area contributed by atoms with Crippen LogP contribution in [0, 0.1) is 0 Å². The van der Waals surface area contributed by atoms with E-state index in [1.54, 1.807) is 4.90 Å². The second-order valence-corrected chi connectivity index (χ2v) is 5.18. The zero-order valence-electron chi connectivity index (χ0n) is 12.2. The third-order valence-corrected chi connectivity index (χ3v) is 4.08. The summed E-state index contributed by atoms with van der Waals surface area (Å²) in [6, 6.07) is 0. The summed E-state index contributed by atoms with van der Waals surface area (Å²) in [5, 5.41) is 7.72. The second kappa shape index (κ2) is 7.65. The molecule has 1 aromatic heterocycles. The third-order valence-electron chi connectivity index (χ3n) is 3.16. The molecular formula is C13H23BrN4O. The number of aryl methyl sites for hydroxylation is 2. The SMILES string of the molecule is CCc1nn(CC)c(CNCC(=O)N(C)CC)c1Br. The van der Waals surface area contributed by atoms with E-state index in [1.807, 2.05) is 18.7 Å². The van der Waals surface area contributed by atoms with E-state index in [1.165, 1.54) is 0 Å². The first kappa shape index (κ1) is 16.2. The van der Waals surface area contributed by atoms with Crippen LogP contribution in [0.1, 0.15) is 32.2 Å². The molecule has 1 aromatic rings. The van der Waals surface area contributed by atoms with E-state index in [0.29, 0.717) is 13.1 Å². The Hall–Kier alpha value is -0.880. The number of nitrogens with one attached hydrogen (secondary N) is 1. The summed E-state index contributed by atoms with van der Waals surface area (Å²) in [5.41, 5.74) is 2.17. The lowest BCUT2D eigenvalue weighted by molar-refractivity contribution is -0.128. The molecule has 1 N–H and O–H groups in total. The maximum absolute atomic E-state index is 11.7. The van der Waals surface area contributed by atoms with E-state index in [9.17, 15) is 4.79 Å². The number of rotatable bonds is 7. The summed E-state index contributed by atoms with van der Waals surface area (Å²) in [6.07, 6.45) is 0.901. The quantitative estimate of drug-likeness (QED) is 0.829. The van der Waals surface area contributed by atoms with Gasteiger partial charge in [0.05, 0.1) is 22.4 Å². The summed E-state index contributed by atoms with van der Waals surface area (Å²) in [6.45, 7) is 8.68. The van der Waals surface area contributed by atoms with E-state index in [0.717, 1.165) is 35.4 Å². The molecule has 0 saturated heterocycles. The number of nitrogens with zero attached hydrogens (tertiary/aromatic N) is 3. The van der Waals surface area contributed by atoms with Crippen LogP contribution in [0.15, 0.2) is 4.47 Å². The fourth-order valence-corrected chi connectivity index (χ4v) is 2.49. The number of hydrogen-bond acceptors (Lipinski definition) is 3. The zero-order chi connectivity index (χ0) is 14.4. The molecule has 1 rings (SSSR count). The topological polar surface area (TPSA) is 50.2 Å². The third kappa shape index (κ3) is 4.04. The Morgan fingerprint density at radius 2 is 2.11 bits per heavy atom. The second-order valence-electron chi connectivity index (χ2n) is 4.39. The summed E-state index contributed by atoms with van der Waals surface area (Å²) in [5.74, 6) is 0.108. The molecule has 0 aliphatic carbocycles. The number of likely N-dealkylation sites (N-methyl/N-ethyl adjacent to an activating group) is 1. The molecule has 108 valence electrons. The van der Waals surface area contributed by atoms with Crippen LogP contribution in [0.2, 0.25) is 0 Å². The molecule has 0 aliphatic heterocycles. The van der Waals surface area contributed by atoms with Crippen molar-refractivity contribution >= 4 is 21.8 Å². The molecule has 1 amide bonds. The van der Waals surface area contributed by atoms with Crippen molar-refractivity contribution in [3.8, 4) is 0 Å². The van der Waals surface area contributed by atoms with Crippen LogP contribution >= 0.6 is 15.9 Å². The highest BCUT2D eigenvalue weighted by Gasteiger charge is 2.14. The van der Waals surface area contributed by atoms with Crippen LogP contribution in [-0.2, 0) is 24.3 Å². The van der Waals surface area contributed by atoms with E-state index >= 15 is 0 Å². The van der Waals surface area contributed by atoms with Gasteiger partial charge in [0.15, 0.2) is 0 Å². The monoisotopic (exact) mass is 330 g/mol. The highest BCUT2D eigenvalue weighted by Crippen LogP contribution is 2.22. The van der Waals surface area contributed by atoms with Crippen LogP contribution < -0.4 is 5.32 Å². The van der Waals surface area contributed by atoms with Gasteiger partial charge in [-0.1, -0.05) is 6.92 Å². The molecule has 0 aromatic carbocycles. The first-order chi connectivity index (χ1) is 9.04. The van der Waals surface area contributed by atoms with Crippen molar-refractivity contribution in [1.82, 2.24) is 20.0 Å². The lowest BCUT2D eigenvalue weighted by Gasteiger charge is -2.15. The smallest absolute Gasteiger partial charge is 0.236 e. The molecule has 0 atom stereocenters. The van der Waals surface area contributed by atoms with Gasteiger partial charge in [-0.2, -0.15) is 5.10 Å². The number of halogens is 1. The molecule has 5 nitrogen and oxygen atoms in total. The molecule has 0 bridgehead atoms. The first-order valence-corrected chi connectivity index (χ1v) is 7.53. The molecule has 0 spiro atoms. The molecule has 0 saturated carbocycles. The van der Waals surface area contributed by atoms with E-state index in [4.69, 9.17) is 0 Å². The van der Waals surface area contributed by atoms with Crippen LogP contribution in [0.5, 0.6) is 0 Å². The van der Waals surface area contributed by atoms with Crippen molar-refractivity contribution in [3.63, 3.8) is 0 Å². The van der Waals surface area contributed by atoms with Crippen molar-refractivity contribution in [2.45, 2.75) is 40.3 Å².